The molecule has 10 heteroatoms. The number of carbonyl (C=O) groups is 1. The van der Waals surface area contributed by atoms with Gasteiger partial charge in [-0.1, -0.05) is 11.3 Å². The number of rotatable bonds is 3. The highest BCUT2D eigenvalue weighted by atomic mass is 35.7. The predicted octanol–water partition coefficient (Wildman–Crippen LogP) is 1.93. The smallest absolute Gasteiger partial charge is 0.295 e. The topological polar surface area (TPSA) is 102 Å². The zero-order valence-corrected chi connectivity index (χ0v) is 12.2. The van der Waals surface area contributed by atoms with Gasteiger partial charge in [0.25, 0.3) is 15.0 Å². The van der Waals surface area contributed by atoms with E-state index in [2.05, 4.69) is 15.3 Å². The number of nitrogens with one attached hydrogen (secondary N) is 1. The predicted molar refractivity (Wildman–Crippen MR) is 69.1 cm³/mol. The van der Waals surface area contributed by atoms with Crippen molar-refractivity contribution in [3.05, 3.63) is 23.5 Å². The first kappa shape index (κ1) is 14.0. The first-order valence-corrected chi connectivity index (χ1v) is 8.05. The minimum Gasteiger partial charge on any atom is -0.438 e. The third-order valence-corrected chi connectivity index (χ3v) is 5.40. The molecule has 2 aromatic rings. The molecule has 0 atom stereocenters. The first-order chi connectivity index (χ1) is 8.79. The van der Waals surface area contributed by atoms with Crippen LogP contribution in [0.3, 0.4) is 0 Å². The van der Waals surface area contributed by atoms with E-state index < -0.39 is 15.0 Å². The second kappa shape index (κ2) is 4.91. The third kappa shape index (κ3) is 2.94. The molecule has 1 N–H and O–H groups in total. The molecule has 2 heterocycles. The second-order valence-electron chi connectivity index (χ2n) is 3.55. The highest BCUT2D eigenvalue weighted by molar-refractivity contribution is 8.15. The molecule has 0 spiro atoms. The molecule has 1 amide bonds. The molecule has 2 rings (SSSR count). The zero-order valence-electron chi connectivity index (χ0n) is 9.80. The molecule has 0 aliphatic heterocycles. The Bertz CT molecular complexity index is 734. The number of halogens is 1. The van der Waals surface area contributed by atoms with Crippen molar-refractivity contribution in [3.63, 3.8) is 0 Å². The number of amides is 1. The Kier molecular flexibility index (Phi) is 3.61. The van der Waals surface area contributed by atoms with Crippen LogP contribution in [0.4, 0.5) is 5.13 Å². The zero-order chi connectivity index (χ0) is 14.2. The molecule has 0 bridgehead atoms. The Balaban J connectivity index is 2.26. The fourth-order valence-electron chi connectivity index (χ4n) is 1.34. The van der Waals surface area contributed by atoms with Gasteiger partial charge < -0.3 is 4.42 Å². The number of hydrogen-bond acceptors (Lipinski definition) is 7. The van der Waals surface area contributed by atoms with Crippen LogP contribution in [0.1, 0.15) is 21.9 Å². The summed E-state index contributed by atoms with van der Waals surface area (Å²) >= 11 is 0.773. The summed E-state index contributed by atoms with van der Waals surface area (Å²) < 4.78 is 27.3. The van der Waals surface area contributed by atoms with Crippen LogP contribution < -0.4 is 5.32 Å². The van der Waals surface area contributed by atoms with Gasteiger partial charge in [-0.15, -0.1) is 0 Å². The molecule has 102 valence electrons. The molecule has 0 saturated heterocycles. The van der Waals surface area contributed by atoms with E-state index in [1.54, 1.807) is 6.92 Å². The SMILES string of the molecule is Cc1ncoc1C(=O)Nc1nc(C)c(S(=O)(=O)Cl)s1. The van der Waals surface area contributed by atoms with Crippen LogP contribution in [0.25, 0.3) is 0 Å². The monoisotopic (exact) mass is 321 g/mol. The summed E-state index contributed by atoms with van der Waals surface area (Å²) in [6.07, 6.45) is 1.14. The molecule has 0 unspecified atom stereocenters. The molecular formula is C9H8ClN3O4S2. The lowest BCUT2D eigenvalue weighted by molar-refractivity contribution is 0.0996. The number of hydrogen-bond donors (Lipinski definition) is 1. The molecule has 0 saturated carbocycles. The number of aryl methyl sites for hydroxylation is 2. The van der Waals surface area contributed by atoms with E-state index in [4.69, 9.17) is 15.1 Å². The molecule has 0 fully saturated rings. The van der Waals surface area contributed by atoms with Gasteiger partial charge in [0, 0.05) is 10.7 Å². The fourth-order valence-corrected chi connectivity index (χ4v) is 3.68. The van der Waals surface area contributed by atoms with Crippen LogP contribution >= 0.6 is 22.0 Å². The van der Waals surface area contributed by atoms with Crippen molar-refractivity contribution >= 4 is 42.1 Å². The van der Waals surface area contributed by atoms with E-state index >= 15 is 0 Å². The van der Waals surface area contributed by atoms with Gasteiger partial charge in [-0.25, -0.2) is 18.4 Å². The van der Waals surface area contributed by atoms with E-state index in [0.29, 0.717) is 5.69 Å². The van der Waals surface area contributed by atoms with Gasteiger partial charge in [-0.05, 0) is 13.8 Å². The first-order valence-electron chi connectivity index (χ1n) is 4.92. The summed E-state index contributed by atoms with van der Waals surface area (Å²) in [5.41, 5.74) is 0.653. The van der Waals surface area contributed by atoms with Crippen LogP contribution in [-0.2, 0) is 9.05 Å². The van der Waals surface area contributed by atoms with E-state index in [1.807, 2.05) is 0 Å². The van der Waals surface area contributed by atoms with Crippen LogP contribution in [-0.4, -0.2) is 24.3 Å². The maximum atomic E-state index is 11.8. The van der Waals surface area contributed by atoms with Crippen molar-refractivity contribution in [1.82, 2.24) is 9.97 Å². The highest BCUT2D eigenvalue weighted by Crippen LogP contribution is 2.29. The quantitative estimate of drug-likeness (QED) is 0.866. The van der Waals surface area contributed by atoms with Gasteiger partial charge >= 0.3 is 0 Å². The van der Waals surface area contributed by atoms with Gasteiger partial charge in [0.1, 0.15) is 0 Å². The molecule has 0 aromatic carbocycles. The molecule has 2 aromatic heterocycles. The largest absolute Gasteiger partial charge is 0.438 e. The van der Waals surface area contributed by atoms with Gasteiger partial charge in [-0.2, -0.15) is 0 Å². The van der Waals surface area contributed by atoms with Crippen molar-refractivity contribution in [2.24, 2.45) is 0 Å². The number of anilines is 1. The van der Waals surface area contributed by atoms with Crippen molar-refractivity contribution in [3.8, 4) is 0 Å². The maximum Gasteiger partial charge on any atom is 0.295 e. The molecule has 0 radical (unpaired) electrons. The van der Waals surface area contributed by atoms with Crippen LogP contribution in [0.15, 0.2) is 15.0 Å². The summed E-state index contributed by atoms with van der Waals surface area (Å²) in [7, 11) is 1.37. The van der Waals surface area contributed by atoms with Crippen molar-refractivity contribution < 1.29 is 17.6 Å². The molecular weight excluding hydrogens is 314 g/mol. The standard InChI is InChI=1S/C9H8ClN3O4S2/c1-4-6(17-3-11-4)7(14)13-9-12-5(2)8(18-9)19(10,15)16/h3H,1-2H3,(H,12,13,14). The van der Waals surface area contributed by atoms with Gasteiger partial charge in [0.2, 0.25) is 5.76 Å². The summed E-state index contributed by atoms with van der Waals surface area (Å²) in [6.45, 7) is 3.10. The fraction of sp³-hybridized carbons (Fsp3) is 0.222. The lowest BCUT2D eigenvalue weighted by Gasteiger charge is -1.97. The average Bonchev–Trinajstić information content (AvgIpc) is 2.83. The highest BCUT2D eigenvalue weighted by Gasteiger charge is 2.21. The lowest BCUT2D eigenvalue weighted by atomic mass is 10.3. The summed E-state index contributed by atoms with van der Waals surface area (Å²) in [5.74, 6) is -0.509. The van der Waals surface area contributed by atoms with E-state index in [-0.39, 0.29) is 20.8 Å². The Morgan fingerprint density at radius 1 is 1.42 bits per heavy atom. The van der Waals surface area contributed by atoms with Gasteiger partial charge in [-0.3, -0.25) is 10.1 Å². The minimum atomic E-state index is -3.87. The van der Waals surface area contributed by atoms with Crippen LogP contribution in [0.5, 0.6) is 0 Å². The Hall–Kier alpha value is -1.45. The Morgan fingerprint density at radius 2 is 2.11 bits per heavy atom. The summed E-state index contributed by atoms with van der Waals surface area (Å²) in [4.78, 5) is 19.5. The number of oxazole rings is 1. The van der Waals surface area contributed by atoms with Gasteiger partial charge in [0.15, 0.2) is 15.7 Å². The molecule has 7 nitrogen and oxygen atoms in total. The lowest BCUT2D eigenvalue weighted by Crippen LogP contribution is -2.12. The number of carbonyl (C=O) groups excluding carboxylic acids is 1. The van der Waals surface area contributed by atoms with E-state index in [1.165, 1.54) is 6.92 Å². The third-order valence-electron chi connectivity index (χ3n) is 2.15. The van der Waals surface area contributed by atoms with Crippen LogP contribution in [0, 0.1) is 13.8 Å². The van der Waals surface area contributed by atoms with Crippen molar-refractivity contribution in [1.29, 1.82) is 0 Å². The molecule has 0 aliphatic rings. The number of aromatic nitrogens is 2. The summed E-state index contributed by atoms with van der Waals surface area (Å²) in [5, 5.41) is 2.55. The number of nitrogens with zero attached hydrogens (tertiary/aromatic N) is 2. The van der Waals surface area contributed by atoms with E-state index in [0.717, 1.165) is 17.7 Å². The van der Waals surface area contributed by atoms with Crippen molar-refractivity contribution in [2.75, 3.05) is 5.32 Å². The molecule has 0 aliphatic carbocycles. The molecule has 19 heavy (non-hydrogen) atoms. The Morgan fingerprint density at radius 3 is 2.58 bits per heavy atom. The summed E-state index contributed by atoms with van der Waals surface area (Å²) in [6, 6.07) is 0. The van der Waals surface area contributed by atoms with E-state index in [9.17, 15) is 13.2 Å². The normalized spacial score (nSPS) is 11.5. The Labute approximate surface area is 117 Å². The number of thiazole rings is 1. The maximum absolute atomic E-state index is 11.8. The van der Waals surface area contributed by atoms with Crippen molar-refractivity contribution in [2.45, 2.75) is 18.1 Å². The van der Waals surface area contributed by atoms with Gasteiger partial charge in [0.05, 0.1) is 11.4 Å². The average molecular weight is 322 g/mol. The van der Waals surface area contributed by atoms with Crippen LogP contribution in [0.2, 0.25) is 0 Å². The second-order valence-corrected chi connectivity index (χ2v) is 7.31. The minimum absolute atomic E-state index is 0.0446.